The van der Waals surface area contributed by atoms with Crippen LogP contribution in [0, 0.1) is 11.6 Å². The summed E-state index contributed by atoms with van der Waals surface area (Å²) in [7, 11) is 3.91. The number of rotatable bonds is 11. The average Bonchev–Trinajstić information content (AvgIpc) is 2.82. The van der Waals surface area contributed by atoms with E-state index in [1.165, 1.54) is 0 Å². The van der Waals surface area contributed by atoms with Gasteiger partial charge in [-0.3, -0.25) is 9.52 Å². The highest BCUT2D eigenvalue weighted by atomic mass is 32.2. The van der Waals surface area contributed by atoms with Crippen molar-refractivity contribution >= 4 is 35.3 Å². The predicted octanol–water partition coefficient (Wildman–Crippen LogP) is 6.29. The van der Waals surface area contributed by atoms with Crippen LogP contribution in [0.5, 0.6) is 0 Å². The van der Waals surface area contributed by atoms with Crippen molar-refractivity contribution in [3.63, 3.8) is 0 Å². The Morgan fingerprint density at radius 3 is 2.32 bits per heavy atom. The van der Waals surface area contributed by atoms with Crippen molar-refractivity contribution in [3.05, 3.63) is 54.1 Å². The minimum atomic E-state index is -1.90. The molecule has 34 heavy (non-hydrogen) atoms. The van der Waals surface area contributed by atoms with Crippen LogP contribution < -0.4 is 10.0 Å². The van der Waals surface area contributed by atoms with Crippen LogP contribution in [0.15, 0.2) is 52.3 Å². The summed E-state index contributed by atoms with van der Waals surface area (Å²) in [6.07, 6.45) is 3.30. The number of nitrogens with zero attached hydrogens (tertiary/aromatic N) is 1. The van der Waals surface area contributed by atoms with Crippen LogP contribution in [0.4, 0.5) is 18.9 Å². The van der Waals surface area contributed by atoms with E-state index in [-0.39, 0.29) is 29.5 Å². The monoisotopic (exact) mass is 511 g/mol. The van der Waals surface area contributed by atoms with Crippen molar-refractivity contribution in [3.8, 4) is 0 Å². The van der Waals surface area contributed by atoms with Gasteiger partial charge in [-0.2, -0.15) is 0 Å². The number of carbonyl (C=O) groups is 1. The Morgan fingerprint density at radius 2 is 1.71 bits per heavy atom. The van der Waals surface area contributed by atoms with Gasteiger partial charge in [0, 0.05) is 21.6 Å². The summed E-state index contributed by atoms with van der Waals surface area (Å²) >= 11 is 2.37. The maximum absolute atomic E-state index is 14.9. The first-order valence-electron chi connectivity index (χ1n) is 11.5. The molecule has 1 atom stereocenters. The van der Waals surface area contributed by atoms with Gasteiger partial charge in [0.1, 0.15) is 17.3 Å². The van der Waals surface area contributed by atoms with Crippen LogP contribution in [-0.4, -0.2) is 48.9 Å². The lowest BCUT2D eigenvalue weighted by atomic mass is 9.86. The summed E-state index contributed by atoms with van der Waals surface area (Å²) in [6.45, 7) is 0.765. The molecule has 9 heteroatoms. The topological polar surface area (TPSA) is 44.4 Å². The smallest absolute Gasteiger partial charge is 0.267 e. The highest BCUT2D eigenvalue weighted by Crippen LogP contribution is 2.33. The summed E-state index contributed by atoms with van der Waals surface area (Å²) < 4.78 is 46.9. The van der Waals surface area contributed by atoms with E-state index in [1.54, 1.807) is 11.8 Å². The minimum Gasteiger partial charge on any atom is -0.377 e. The highest BCUT2D eigenvalue weighted by molar-refractivity contribution is 7.99. The Morgan fingerprint density at radius 1 is 1.06 bits per heavy atom. The van der Waals surface area contributed by atoms with Crippen LogP contribution in [-0.2, 0) is 4.79 Å². The zero-order chi connectivity index (χ0) is 24.6. The molecule has 1 aliphatic carbocycles. The van der Waals surface area contributed by atoms with Crippen LogP contribution in [0.2, 0.25) is 0 Å². The second-order valence-electron chi connectivity index (χ2n) is 8.88. The van der Waals surface area contributed by atoms with E-state index in [9.17, 15) is 18.0 Å². The molecule has 0 spiro atoms. The van der Waals surface area contributed by atoms with Gasteiger partial charge in [-0.15, -0.1) is 11.8 Å². The lowest BCUT2D eigenvalue weighted by Crippen LogP contribution is -2.42. The van der Waals surface area contributed by atoms with E-state index in [0.717, 1.165) is 41.9 Å². The SMILES string of the molecule is CN(C)CC[C@H](CSc1ccccc1)Nc1c(F)cc(SNC(=O)C2(F)CCCCC2)cc1F. The average molecular weight is 512 g/mol. The quantitative estimate of drug-likeness (QED) is 0.274. The molecule has 186 valence electrons. The third-order valence-electron chi connectivity index (χ3n) is 5.80. The lowest BCUT2D eigenvalue weighted by Gasteiger charge is -2.27. The van der Waals surface area contributed by atoms with Crippen molar-refractivity contribution in [1.29, 1.82) is 0 Å². The molecule has 1 aliphatic rings. The van der Waals surface area contributed by atoms with Crippen molar-refractivity contribution in [2.24, 2.45) is 0 Å². The van der Waals surface area contributed by atoms with Crippen molar-refractivity contribution < 1.29 is 18.0 Å². The zero-order valence-corrected chi connectivity index (χ0v) is 21.2. The van der Waals surface area contributed by atoms with Gasteiger partial charge in [-0.25, -0.2) is 13.2 Å². The van der Waals surface area contributed by atoms with Crippen molar-refractivity contribution in [2.75, 3.05) is 31.7 Å². The number of benzene rings is 2. The van der Waals surface area contributed by atoms with Crippen molar-refractivity contribution in [1.82, 2.24) is 9.62 Å². The zero-order valence-electron chi connectivity index (χ0n) is 19.6. The fraction of sp³-hybridized carbons (Fsp3) is 0.480. The predicted molar refractivity (Wildman–Crippen MR) is 135 cm³/mol. The third kappa shape index (κ3) is 7.85. The van der Waals surface area contributed by atoms with E-state index in [4.69, 9.17) is 0 Å². The number of carbonyl (C=O) groups excluding carboxylic acids is 1. The first kappa shape index (κ1) is 26.8. The number of alkyl halides is 1. The normalized spacial score (nSPS) is 16.3. The van der Waals surface area contributed by atoms with E-state index >= 15 is 0 Å². The first-order chi connectivity index (χ1) is 16.3. The number of hydrogen-bond donors (Lipinski definition) is 2. The Bertz CT molecular complexity index is 917. The molecule has 0 aliphatic heterocycles. The van der Waals surface area contributed by atoms with Gasteiger partial charge >= 0.3 is 0 Å². The van der Waals surface area contributed by atoms with E-state index in [0.29, 0.717) is 25.0 Å². The van der Waals surface area contributed by atoms with Crippen LogP contribution >= 0.6 is 23.7 Å². The molecule has 0 bridgehead atoms. The summed E-state index contributed by atoms with van der Waals surface area (Å²) in [6, 6.07) is 12.0. The molecule has 3 rings (SSSR count). The first-order valence-corrected chi connectivity index (χ1v) is 13.3. The molecule has 1 saturated carbocycles. The number of halogens is 3. The fourth-order valence-electron chi connectivity index (χ4n) is 3.81. The van der Waals surface area contributed by atoms with Gasteiger partial charge in [-0.1, -0.05) is 24.6 Å². The molecule has 2 aromatic carbocycles. The largest absolute Gasteiger partial charge is 0.377 e. The molecule has 1 amide bonds. The van der Waals surface area contributed by atoms with Gasteiger partial charge in [-0.05, 0) is 89.0 Å². The Kier molecular flexibility index (Phi) is 10.0. The summed E-state index contributed by atoms with van der Waals surface area (Å²) in [4.78, 5) is 15.6. The minimum absolute atomic E-state index is 0.160. The van der Waals surface area contributed by atoms with Gasteiger partial charge in [0.05, 0.1) is 0 Å². The highest BCUT2D eigenvalue weighted by Gasteiger charge is 2.39. The van der Waals surface area contributed by atoms with Gasteiger partial charge in [0.2, 0.25) is 0 Å². The maximum Gasteiger partial charge on any atom is 0.267 e. The molecule has 0 radical (unpaired) electrons. The standard InChI is InChI=1S/C25H32F3N3OS2/c1-31(2)14-11-18(17-33-19-9-5-3-6-10-19)29-23-21(26)15-20(16-22(23)27)34-30-24(32)25(28)12-7-4-8-13-25/h3,5-6,9-10,15-16,18,29H,4,7-8,11-14,17H2,1-2H3,(H,30,32)/t18-/m1/s1. The van der Waals surface area contributed by atoms with Gasteiger partial charge < -0.3 is 10.2 Å². The van der Waals surface area contributed by atoms with Crippen LogP contribution in [0.25, 0.3) is 0 Å². The second-order valence-corrected chi connectivity index (χ2v) is 10.9. The Labute approximate surface area is 208 Å². The molecular weight excluding hydrogens is 479 g/mol. The van der Waals surface area contributed by atoms with Crippen molar-refractivity contribution in [2.45, 2.75) is 60.0 Å². The van der Waals surface area contributed by atoms with Crippen LogP contribution in [0.1, 0.15) is 38.5 Å². The summed E-state index contributed by atoms with van der Waals surface area (Å²) in [5.74, 6) is -1.59. The second kappa shape index (κ2) is 12.7. The fourth-order valence-corrected chi connectivity index (χ4v) is 5.52. The number of nitrogens with one attached hydrogen (secondary N) is 2. The van der Waals surface area contributed by atoms with Gasteiger partial charge in [0.15, 0.2) is 5.67 Å². The van der Waals surface area contributed by atoms with Gasteiger partial charge in [0.25, 0.3) is 5.91 Å². The Hall–Kier alpha value is -1.84. The molecule has 0 aromatic heterocycles. The Balaban J connectivity index is 1.64. The van der Waals surface area contributed by atoms with E-state index < -0.39 is 23.2 Å². The number of thioether (sulfide) groups is 1. The van der Waals surface area contributed by atoms with E-state index in [2.05, 4.69) is 10.0 Å². The summed E-state index contributed by atoms with van der Waals surface area (Å²) in [5.41, 5.74) is -2.10. The molecule has 2 N–H and O–H groups in total. The molecule has 0 saturated heterocycles. The molecule has 2 aromatic rings. The molecule has 1 fully saturated rings. The third-order valence-corrected chi connectivity index (χ3v) is 7.73. The summed E-state index contributed by atoms with van der Waals surface area (Å²) in [5, 5.41) is 3.04. The van der Waals surface area contributed by atoms with Crippen LogP contribution in [0.3, 0.4) is 0 Å². The molecular formula is C25H32F3N3OS2. The molecule has 0 heterocycles. The maximum atomic E-state index is 14.9. The lowest BCUT2D eigenvalue weighted by molar-refractivity contribution is -0.132. The molecule has 4 nitrogen and oxygen atoms in total. The van der Waals surface area contributed by atoms with E-state index in [1.807, 2.05) is 49.3 Å². The number of amides is 1. The number of anilines is 1. The molecule has 0 unspecified atom stereocenters. The number of hydrogen-bond acceptors (Lipinski definition) is 5.